The fraction of sp³-hybridized carbons (Fsp3) is 0.182. The van der Waals surface area contributed by atoms with Crippen molar-refractivity contribution in [2.75, 3.05) is 7.05 Å². The SMILES string of the molecule is CN(Cc1ncn[nH]1)C(=O)c1ccc(Br)c([N+](=O)[O-])c1. The van der Waals surface area contributed by atoms with Gasteiger partial charge in [-0.3, -0.25) is 20.0 Å². The molecular formula is C11H10BrN5O3. The maximum atomic E-state index is 12.2. The summed E-state index contributed by atoms with van der Waals surface area (Å²) in [5, 5.41) is 17.2. The van der Waals surface area contributed by atoms with Gasteiger partial charge < -0.3 is 4.90 Å². The molecule has 1 heterocycles. The standard InChI is InChI=1S/C11H10BrN5O3/c1-16(5-10-13-6-14-15-10)11(18)7-2-3-8(12)9(4-7)17(19)20/h2-4,6H,5H2,1H3,(H,13,14,15). The van der Waals surface area contributed by atoms with Crippen molar-refractivity contribution < 1.29 is 9.72 Å². The number of rotatable bonds is 4. The van der Waals surface area contributed by atoms with E-state index in [0.29, 0.717) is 10.3 Å². The number of halogens is 1. The number of nitrogens with one attached hydrogen (secondary N) is 1. The Morgan fingerprint density at radius 1 is 1.55 bits per heavy atom. The van der Waals surface area contributed by atoms with Crippen molar-refractivity contribution >= 4 is 27.5 Å². The van der Waals surface area contributed by atoms with Crippen LogP contribution in [0.25, 0.3) is 0 Å². The fourth-order valence-electron chi connectivity index (χ4n) is 1.61. The first kappa shape index (κ1) is 14.1. The molecule has 0 spiro atoms. The Bertz CT molecular complexity index is 644. The van der Waals surface area contributed by atoms with E-state index in [-0.39, 0.29) is 23.7 Å². The molecule has 0 radical (unpaired) electrons. The Balaban J connectivity index is 2.20. The average molecular weight is 340 g/mol. The molecule has 0 aliphatic carbocycles. The molecule has 20 heavy (non-hydrogen) atoms. The molecular weight excluding hydrogens is 330 g/mol. The van der Waals surface area contributed by atoms with Crippen LogP contribution >= 0.6 is 15.9 Å². The summed E-state index contributed by atoms with van der Waals surface area (Å²) in [6.07, 6.45) is 1.35. The summed E-state index contributed by atoms with van der Waals surface area (Å²) >= 11 is 3.08. The molecule has 1 aromatic heterocycles. The number of H-pyrrole nitrogens is 1. The number of hydrogen-bond acceptors (Lipinski definition) is 5. The smallest absolute Gasteiger partial charge is 0.284 e. The van der Waals surface area contributed by atoms with E-state index in [1.807, 2.05) is 0 Å². The zero-order valence-electron chi connectivity index (χ0n) is 10.4. The molecule has 0 bridgehead atoms. The first-order chi connectivity index (χ1) is 9.49. The normalized spacial score (nSPS) is 10.3. The Hall–Kier alpha value is -2.29. The highest BCUT2D eigenvalue weighted by atomic mass is 79.9. The summed E-state index contributed by atoms with van der Waals surface area (Å²) in [5.74, 6) is 0.199. The number of carbonyl (C=O) groups excluding carboxylic acids is 1. The molecule has 1 amide bonds. The lowest BCUT2D eigenvalue weighted by Gasteiger charge is -2.15. The van der Waals surface area contributed by atoms with Crippen molar-refractivity contribution in [3.05, 3.63) is 50.5 Å². The van der Waals surface area contributed by atoms with Crippen molar-refractivity contribution in [3.63, 3.8) is 0 Å². The van der Waals surface area contributed by atoms with Gasteiger partial charge in [-0.2, -0.15) is 5.10 Å². The largest absolute Gasteiger partial charge is 0.334 e. The van der Waals surface area contributed by atoms with Crippen LogP contribution in [0.3, 0.4) is 0 Å². The molecule has 1 aromatic carbocycles. The molecule has 2 aromatic rings. The van der Waals surface area contributed by atoms with E-state index in [0.717, 1.165) is 0 Å². The van der Waals surface area contributed by atoms with Crippen LogP contribution < -0.4 is 0 Å². The van der Waals surface area contributed by atoms with E-state index >= 15 is 0 Å². The van der Waals surface area contributed by atoms with Gasteiger partial charge in [0.25, 0.3) is 11.6 Å². The van der Waals surface area contributed by atoms with Crippen LogP contribution in [-0.2, 0) is 6.54 Å². The molecule has 8 nitrogen and oxygen atoms in total. The van der Waals surface area contributed by atoms with Crippen molar-refractivity contribution in [2.45, 2.75) is 6.54 Å². The number of nitrogens with zero attached hydrogens (tertiary/aromatic N) is 4. The highest BCUT2D eigenvalue weighted by molar-refractivity contribution is 9.10. The van der Waals surface area contributed by atoms with E-state index in [1.54, 1.807) is 7.05 Å². The van der Waals surface area contributed by atoms with Gasteiger partial charge in [-0.05, 0) is 28.1 Å². The molecule has 0 aliphatic rings. The van der Waals surface area contributed by atoms with Gasteiger partial charge in [-0.1, -0.05) is 0 Å². The topological polar surface area (TPSA) is 105 Å². The third-order valence-corrected chi connectivity index (χ3v) is 3.26. The van der Waals surface area contributed by atoms with Crippen molar-refractivity contribution in [1.82, 2.24) is 20.1 Å². The highest BCUT2D eigenvalue weighted by Gasteiger charge is 2.18. The number of benzene rings is 1. The molecule has 0 unspecified atom stereocenters. The summed E-state index contributed by atoms with van der Waals surface area (Å²) in [5.41, 5.74) is 0.0887. The highest BCUT2D eigenvalue weighted by Crippen LogP contribution is 2.26. The first-order valence-electron chi connectivity index (χ1n) is 5.52. The minimum absolute atomic E-state index is 0.149. The lowest BCUT2D eigenvalue weighted by Crippen LogP contribution is -2.26. The lowest BCUT2D eigenvalue weighted by molar-refractivity contribution is -0.385. The predicted molar refractivity (Wildman–Crippen MR) is 73.0 cm³/mol. The summed E-state index contributed by atoms with van der Waals surface area (Å²) in [6.45, 7) is 0.239. The molecule has 9 heteroatoms. The Morgan fingerprint density at radius 3 is 2.90 bits per heavy atom. The number of amides is 1. The number of hydrogen-bond donors (Lipinski definition) is 1. The number of aromatic nitrogens is 3. The number of aromatic amines is 1. The fourth-order valence-corrected chi connectivity index (χ4v) is 2.00. The van der Waals surface area contributed by atoms with E-state index in [9.17, 15) is 14.9 Å². The van der Waals surface area contributed by atoms with Gasteiger partial charge in [-0.15, -0.1) is 0 Å². The van der Waals surface area contributed by atoms with Crippen LogP contribution in [0.15, 0.2) is 29.0 Å². The van der Waals surface area contributed by atoms with Gasteiger partial charge in [0.1, 0.15) is 12.2 Å². The van der Waals surface area contributed by atoms with E-state index in [1.165, 1.54) is 29.4 Å². The maximum absolute atomic E-state index is 12.2. The van der Waals surface area contributed by atoms with Crippen molar-refractivity contribution in [2.24, 2.45) is 0 Å². The average Bonchev–Trinajstić information content (AvgIpc) is 2.91. The summed E-state index contributed by atoms with van der Waals surface area (Å²) < 4.78 is 0.330. The van der Waals surface area contributed by atoms with Gasteiger partial charge >= 0.3 is 0 Å². The molecule has 0 fully saturated rings. The van der Waals surface area contributed by atoms with Crippen LogP contribution in [0.5, 0.6) is 0 Å². The van der Waals surface area contributed by atoms with Crippen LogP contribution in [-0.4, -0.2) is 38.0 Å². The van der Waals surface area contributed by atoms with Gasteiger partial charge in [0.15, 0.2) is 0 Å². The Kier molecular flexibility index (Phi) is 4.08. The van der Waals surface area contributed by atoms with Gasteiger partial charge in [0, 0.05) is 18.7 Å². The Morgan fingerprint density at radius 2 is 2.30 bits per heavy atom. The van der Waals surface area contributed by atoms with Crippen LogP contribution in [0.4, 0.5) is 5.69 Å². The maximum Gasteiger partial charge on any atom is 0.284 e. The number of carbonyl (C=O) groups is 1. The number of nitro benzene ring substituents is 1. The van der Waals surface area contributed by atoms with Crippen LogP contribution in [0.1, 0.15) is 16.2 Å². The quantitative estimate of drug-likeness (QED) is 0.674. The summed E-state index contributed by atoms with van der Waals surface area (Å²) in [6, 6.07) is 4.24. The Labute approximate surface area is 122 Å². The molecule has 2 rings (SSSR count). The lowest BCUT2D eigenvalue weighted by atomic mass is 10.2. The minimum Gasteiger partial charge on any atom is -0.334 e. The molecule has 0 atom stereocenters. The molecule has 0 aliphatic heterocycles. The van der Waals surface area contributed by atoms with Crippen LogP contribution in [0.2, 0.25) is 0 Å². The second-order valence-electron chi connectivity index (χ2n) is 4.02. The van der Waals surface area contributed by atoms with E-state index < -0.39 is 4.92 Å². The molecule has 0 saturated heterocycles. The second-order valence-corrected chi connectivity index (χ2v) is 4.87. The summed E-state index contributed by atoms with van der Waals surface area (Å²) in [4.78, 5) is 27.8. The minimum atomic E-state index is -0.544. The molecule has 0 saturated carbocycles. The van der Waals surface area contributed by atoms with Gasteiger partial charge in [0.05, 0.1) is 15.9 Å². The zero-order chi connectivity index (χ0) is 14.7. The monoisotopic (exact) mass is 339 g/mol. The third kappa shape index (κ3) is 2.99. The molecule has 1 N–H and O–H groups in total. The zero-order valence-corrected chi connectivity index (χ0v) is 12.0. The van der Waals surface area contributed by atoms with E-state index in [2.05, 4.69) is 31.1 Å². The van der Waals surface area contributed by atoms with E-state index in [4.69, 9.17) is 0 Å². The first-order valence-corrected chi connectivity index (χ1v) is 6.32. The number of nitro groups is 1. The second kappa shape index (κ2) is 5.78. The van der Waals surface area contributed by atoms with Gasteiger partial charge in [0.2, 0.25) is 0 Å². The predicted octanol–water partition coefficient (Wildman–Crippen LogP) is 1.75. The van der Waals surface area contributed by atoms with Gasteiger partial charge in [-0.25, -0.2) is 4.98 Å². The summed E-state index contributed by atoms with van der Waals surface area (Å²) in [7, 11) is 1.58. The van der Waals surface area contributed by atoms with Crippen molar-refractivity contribution in [1.29, 1.82) is 0 Å². The van der Waals surface area contributed by atoms with Crippen molar-refractivity contribution in [3.8, 4) is 0 Å². The molecule has 104 valence electrons. The third-order valence-electron chi connectivity index (χ3n) is 2.59. The van der Waals surface area contributed by atoms with Crippen LogP contribution in [0, 0.1) is 10.1 Å².